The molecule has 1 aliphatic rings. The van der Waals surface area contributed by atoms with Gasteiger partial charge in [-0.15, -0.1) is 0 Å². The summed E-state index contributed by atoms with van der Waals surface area (Å²) in [6.07, 6.45) is 5.97. The fourth-order valence-corrected chi connectivity index (χ4v) is 2.95. The summed E-state index contributed by atoms with van der Waals surface area (Å²) in [4.78, 5) is 14.7. The predicted octanol–water partition coefficient (Wildman–Crippen LogP) is 3.06. The van der Waals surface area contributed by atoms with E-state index in [0.717, 1.165) is 49.3 Å². The van der Waals surface area contributed by atoms with Crippen molar-refractivity contribution in [1.29, 1.82) is 0 Å². The topological polar surface area (TPSA) is 38.1 Å². The second-order valence-electron chi connectivity index (χ2n) is 5.46. The van der Waals surface area contributed by atoms with Crippen molar-refractivity contribution in [3.63, 3.8) is 0 Å². The standard InChI is InChI=1S/C17H21N3O/c1-2-16-15(17(21)19-11-7-4-8-12-19)13-18-20(16)14-9-5-3-6-10-14/h3,5-6,9-10,13H,2,4,7-8,11-12H2,1H3. The molecule has 0 spiro atoms. The van der Waals surface area contributed by atoms with Gasteiger partial charge in [-0.25, -0.2) is 4.68 Å². The first kappa shape index (κ1) is 13.9. The van der Waals surface area contributed by atoms with E-state index in [1.165, 1.54) is 6.42 Å². The van der Waals surface area contributed by atoms with Crippen LogP contribution in [0.25, 0.3) is 5.69 Å². The largest absolute Gasteiger partial charge is 0.339 e. The van der Waals surface area contributed by atoms with E-state index < -0.39 is 0 Å². The molecule has 0 N–H and O–H groups in total. The highest BCUT2D eigenvalue weighted by Crippen LogP contribution is 2.19. The molecule has 0 saturated carbocycles. The minimum absolute atomic E-state index is 0.133. The molecule has 0 radical (unpaired) electrons. The van der Waals surface area contributed by atoms with Gasteiger partial charge in [0, 0.05) is 13.1 Å². The minimum atomic E-state index is 0.133. The van der Waals surface area contributed by atoms with Gasteiger partial charge in [0.25, 0.3) is 5.91 Å². The van der Waals surface area contributed by atoms with Gasteiger partial charge in [-0.3, -0.25) is 4.79 Å². The Morgan fingerprint density at radius 3 is 2.52 bits per heavy atom. The lowest BCUT2D eigenvalue weighted by atomic mass is 10.1. The smallest absolute Gasteiger partial charge is 0.257 e. The maximum absolute atomic E-state index is 12.7. The molecule has 4 nitrogen and oxygen atoms in total. The van der Waals surface area contributed by atoms with Gasteiger partial charge in [0.1, 0.15) is 0 Å². The number of rotatable bonds is 3. The van der Waals surface area contributed by atoms with Crippen LogP contribution < -0.4 is 0 Å². The Morgan fingerprint density at radius 1 is 1.14 bits per heavy atom. The molecule has 4 heteroatoms. The van der Waals surface area contributed by atoms with Crippen LogP contribution in [0.3, 0.4) is 0 Å². The molecule has 1 fully saturated rings. The van der Waals surface area contributed by atoms with Gasteiger partial charge < -0.3 is 4.90 Å². The van der Waals surface area contributed by atoms with E-state index in [1.54, 1.807) is 6.20 Å². The summed E-state index contributed by atoms with van der Waals surface area (Å²) in [6, 6.07) is 9.99. The number of para-hydroxylation sites is 1. The number of carbonyl (C=O) groups is 1. The first-order chi connectivity index (χ1) is 10.3. The van der Waals surface area contributed by atoms with Crippen molar-refractivity contribution in [2.24, 2.45) is 0 Å². The zero-order chi connectivity index (χ0) is 14.7. The number of hydrogen-bond acceptors (Lipinski definition) is 2. The summed E-state index contributed by atoms with van der Waals surface area (Å²) in [5.74, 6) is 0.133. The second kappa shape index (κ2) is 6.12. The van der Waals surface area contributed by atoms with Gasteiger partial charge >= 0.3 is 0 Å². The molecule has 1 aromatic heterocycles. The van der Waals surface area contributed by atoms with E-state index in [9.17, 15) is 4.79 Å². The zero-order valence-corrected chi connectivity index (χ0v) is 12.5. The van der Waals surface area contributed by atoms with Gasteiger partial charge in [0.2, 0.25) is 0 Å². The molecule has 3 rings (SSSR count). The highest BCUT2D eigenvalue weighted by molar-refractivity contribution is 5.95. The van der Waals surface area contributed by atoms with Crippen LogP contribution in [-0.2, 0) is 6.42 Å². The summed E-state index contributed by atoms with van der Waals surface area (Å²) < 4.78 is 1.89. The first-order valence-corrected chi connectivity index (χ1v) is 7.73. The highest BCUT2D eigenvalue weighted by Gasteiger charge is 2.23. The van der Waals surface area contributed by atoms with Gasteiger partial charge in [-0.05, 0) is 37.8 Å². The third-order valence-corrected chi connectivity index (χ3v) is 4.08. The monoisotopic (exact) mass is 283 g/mol. The van der Waals surface area contributed by atoms with Gasteiger partial charge in [0.05, 0.1) is 23.1 Å². The molecule has 1 aromatic carbocycles. The van der Waals surface area contributed by atoms with Crippen LogP contribution in [0.2, 0.25) is 0 Å². The number of piperidine rings is 1. The Labute approximate surface area is 125 Å². The van der Waals surface area contributed by atoms with E-state index in [2.05, 4.69) is 12.0 Å². The number of benzene rings is 1. The average Bonchev–Trinajstić information content (AvgIpc) is 2.99. The number of hydrogen-bond donors (Lipinski definition) is 0. The number of aromatic nitrogens is 2. The summed E-state index contributed by atoms with van der Waals surface area (Å²) >= 11 is 0. The first-order valence-electron chi connectivity index (χ1n) is 7.73. The molecule has 0 bridgehead atoms. The molecule has 2 heterocycles. The molecular formula is C17H21N3O. The Kier molecular flexibility index (Phi) is 4.04. The summed E-state index contributed by atoms with van der Waals surface area (Å²) in [7, 11) is 0. The number of likely N-dealkylation sites (tertiary alicyclic amines) is 1. The van der Waals surface area contributed by atoms with Crippen LogP contribution in [-0.4, -0.2) is 33.7 Å². The SMILES string of the molecule is CCc1c(C(=O)N2CCCCC2)cnn1-c1ccccc1. The van der Waals surface area contributed by atoms with E-state index >= 15 is 0 Å². The number of carbonyl (C=O) groups excluding carboxylic acids is 1. The molecular weight excluding hydrogens is 262 g/mol. The van der Waals surface area contributed by atoms with Crippen LogP contribution in [0, 0.1) is 0 Å². The van der Waals surface area contributed by atoms with E-state index in [-0.39, 0.29) is 5.91 Å². The molecule has 0 aliphatic carbocycles. The quantitative estimate of drug-likeness (QED) is 0.868. The molecule has 0 unspecified atom stereocenters. The molecule has 1 saturated heterocycles. The van der Waals surface area contributed by atoms with Crippen molar-refractivity contribution in [3.05, 3.63) is 47.8 Å². The molecule has 1 amide bonds. The minimum Gasteiger partial charge on any atom is -0.339 e. The summed E-state index contributed by atoms with van der Waals surface area (Å²) in [5, 5.41) is 4.44. The van der Waals surface area contributed by atoms with Crippen LogP contribution in [0.15, 0.2) is 36.5 Å². The lowest BCUT2D eigenvalue weighted by molar-refractivity contribution is 0.0723. The number of nitrogens with zero attached hydrogens (tertiary/aromatic N) is 3. The Bertz CT molecular complexity index is 612. The molecule has 1 aliphatic heterocycles. The Morgan fingerprint density at radius 2 is 1.86 bits per heavy atom. The third kappa shape index (κ3) is 2.71. The lowest BCUT2D eigenvalue weighted by Crippen LogP contribution is -2.35. The van der Waals surface area contributed by atoms with Gasteiger partial charge in [0.15, 0.2) is 0 Å². The Hall–Kier alpha value is -2.10. The Balaban J connectivity index is 1.93. The van der Waals surface area contributed by atoms with E-state index in [1.807, 2.05) is 39.9 Å². The fraction of sp³-hybridized carbons (Fsp3) is 0.412. The normalized spacial score (nSPS) is 15.2. The summed E-state index contributed by atoms with van der Waals surface area (Å²) in [6.45, 7) is 3.82. The van der Waals surface area contributed by atoms with Crippen molar-refractivity contribution in [3.8, 4) is 5.69 Å². The lowest BCUT2D eigenvalue weighted by Gasteiger charge is -2.26. The molecule has 0 atom stereocenters. The van der Waals surface area contributed by atoms with Crippen molar-refractivity contribution in [1.82, 2.24) is 14.7 Å². The fourth-order valence-electron chi connectivity index (χ4n) is 2.95. The van der Waals surface area contributed by atoms with Crippen molar-refractivity contribution < 1.29 is 4.79 Å². The van der Waals surface area contributed by atoms with Crippen molar-refractivity contribution in [2.45, 2.75) is 32.6 Å². The maximum atomic E-state index is 12.7. The molecule has 21 heavy (non-hydrogen) atoms. The van der Waals surface area contributed by atoms with Crippen LogP contribution in [0.5, 0.6) is 0 Å². The van der Waals surface area contributed by atoms with Crippen LogP contribution in [0.1, 0.15) is 42.2 Å². The van der Waals surface area contributed by atoms with E-state index in [4.69, 9.17) is 0 Å². The van der Waals surface area contributed by atoms with Crippen LogP contribution >= 0.6 is 0 Å². The average molecular weight is 283 g/mol. The van der Waals surface area contributed by atoms with Crippen molar-refractivity contribution >= 4 is 5.91 Å². The highest BCUT2D eigenvalue weighted by atomic mass is 16.2. The molecule has 110 valence electrons. The predicted molar refractivity (Wildman–Crippen MR) is 82.7 cm³/mol. The van der Waals surface area contributed by atoms with Gasteiger partial charge in [-0.2, -0.15) is 5.10 Å². The number of amides is 1. The van der Waals surface area contributed by atoms with E-state index in [0.29, 0.717) is 0 Å². The molecule has 2 aromatic rings. The van der Waals surface area contributed by atoms with Crippen molar-refractivity contribution in [2.75, 3.05) is 13.1 Å². The van der Waals surface area contributed by atoms with Gasteiger partial charge in [-0.1, -0.05) is 25.1 Å². The van der Waals surface area contributed by atoms with Crippen LogP contribution in [0.4, 0.5) is 0 Å². The second-order valence-corrected chi connectivity index (χ2v) is 5.46. The zero-order valence-electron chi connectivity index (χ0n) is 12.5. The summed E-state index contributed by atoms with van der Waals surface area (Å²) in [5.41, 5.74) is 2.76. The maximum Gasteiger partial charge on any atom is 0.257 e. The third-order valence-electron chi connectivity index (χ3n) is 4.08.